The fourth-order valence-electron chi connectivity index (χ4n) is 1.06. The van der Waals surface area contributed by atoms with Gasteiger partial charge in [-0.1, -0.05) is 27.8 Å². The molecule has 16 heavy (non-hydrogen) atoms. The minimum Gasteiger partial charge on any atom is -0.508 e. The molecule has 1 N–H and O–H groups in total. The number of hydrogen-bond donors (Lipinski definition) is 1. The van der Waals surface area contributed by atoms with Gasteiger partial charge in [-0.3, -0.25) is 0 Å². The molecule has 0 aliphatic rings. The number of phenols is 1. The Labute approximate surface area is 99.4 Å². The molecule has 0 saturated carbocycles. The first-order valence-electron chi connectivity index (χ1n) is 4.39. The largest absolute Gasteiger partial charge is 0.508 e. The van der Waals surface area contributed by atoms with Crippen LogP contribution in [0.2, 0.25) is 0 Å². The average Bonchev–Trinajstić information content (AvgIpc) is 2.16. The van der Waals surface area contributed by atoms with Gasteiger partial charge in [-0.05, 0) is 18.2 Å². The molecular weight excluding hydrogens is 285 g/mol. The molecule has 0 aromatic heterocycles. The predicted molar refractivity (Wildman–Crippen MR) is 58.4 cm³/mol. The molecule has 1 aromatic carbocycles. The third kappa shape index (κ3) is 3.78. The third-order valence-corrected chi connectivity index (χ3v) is 2.09. The standard InChI is InChI=1S/C11H8BrF3O/c12-4-2-1-3-8-5-9(11(13,14)15)7-10(16)6-8/h5-7,16H,2,4H2. The fraction of sp³-hybridized carbons (Fsp3) is 0.273. The maximum absolute atomic E-state index is 12.4. The molecule has 5 heteroatoms. The summed E-state index contributed by atoms with van der Waals surface area (Å²) < 4.78 is 37.1. The summed E-state index contributed by atoms with van der Waals surface area (Å²) in [4.78, 5) is 0. The lowest BCUT2D eigenvalue weighted by molar-refractivity contribution is -0.137. The highest BCUT2D eigenvalue weighted by Gasteiger charge is 2.31. The summed E-state index contributed by atoms with van der Waals surface area (Å²) in [5, 5.41) is 9.79. The Bertz CT molecular complexity index is 429. The van der Waals surface area contributed by atoms with Crippen molar-refractivity contribution in [3.05, 3.63) is 29.3 Å². The Morgan fingerprint density at radius 2 is 1.94 bits per heavy atom. The van der Waals surface area contributed by atoms with Gasteiger partial charge < -0.3 is 5.11 Å². The van der Waals surface area contributed by atoms with Crippen molar-refractivity contribution in [2.24, 2.45) is 0 Å². The highest BCUT2D eigenvalue weighted by molar-refractivity contribution is 9.09. The quantitative estimate of drug-likeness (QED) is 0.620. The Balaban J connectivity index is 3.05. The molecule has 0 unspecified atom stereocenters. The lowest BCUT2D eigenvalue weighted by Crippen LogP contribution is -2.04. The Morgan fingerprint density at radius 3 is 2.50 bits per heavy atom. The molecule has 0 atom stereocenters. The van der Waals surface area contributed by atoms with Gasteiger partial charge >= 0.3 is 6.18 Å². The number of benzene rings is 1. The van der Waals surface area contributed by atoms with Crippen molar-refractivity contribution in [2.45, 2.75) is 12.6 Å². The van der Waals surface area contributed by atoms with Crippen molar-refractivity contribution in [3.63, 3.8) is 0 Å². The van der Waals surface area contributed by atoms with Gasteiger partial charge in [-0.25, -0.2) is 0 Å². The maximum atomic E-state index is 12.4. The molecule has 0 aliphatic heterocycles. The van der Waals surface area contributed by atoms with E-state index in [1.165, 1.54) is 6.07 Å². The molecule has 0 amide bonds. The topological polar surface area (TPSA) is 20.2 Å². The van der Waals surface area contributed by atoms with Crippen LogP contribution in [0.4, 0.5) is 13.2 Å². The van der Waals surface area contributed by atoms with Crippen molar-refractivity contribution in [3.8, 4) is 17.6 Å². The normalized spacial score (nSPS) is 10.8. The summed E-state index contributed by atoms with van der Waals surface area (Å²) in [5.41, 5.74) is -0.732. The number of halogens is 4. The van der Waals surface area contributed by atoms with E-state index in [0.717, 1.165) is 6.07 Å². The van der Waals surface area contributed by atoms with Gasteiger partial charge in [-0.15, -0.1) is 0 Å². The van der Waals surface area contributed by atoms with Gasteiger partial charge in [0.15, 0.2) is 0 Å². The zero-order valence-corrected chi connectivity index (χ0v) is 9.69. The van der Waals surface area contributed by atoms with Gasteiger partial charge in [0.25, 0.3) is 0 Å². The summed E-state index contributed by atoms with van der Waals surface area (Å²) >= 11 is 3.15. The first kappa shape index (κ1) is 12.9. The van der Waals surface area contributed by atoms with Gasteiger partial charge in [0.1, 0.15) is 5.75 Å². The molecule has 0 saturated heterocycles. The SMILES string of the molecule is Oc1cc(C#CCCBr)cc(C(F)(F)F)c1. The number of aromatic hydroxyl groups is 1. The van der Waals surface area contributed by atoms with Crippen LogP contribution in [0.1, 0.15) is 17.5 Å². The zero-order valence-electron chi connectivity index (χ0n) is 8.11. The summed E-state index contributed by atoms with van der Waals surface area (Å²) in [6, 6.07) is 2.80. The smallest absolute Gasteiger partial charge is 0.416 e. The van der Waals surface area contributed by atoms with E-state index in [0.29, 0.717) is 17.8 Å². The van der Waals surface area contributed by atoms with Gasteiger partial charge in [0, 0.05) is 17.3 Å². The van der Waals surface area contributed by atoms with E-state index in [4.69, 9.17) is 5.11 Å². The van der Waals surface area contributed by atoms with E-state index in [1.54, 1.807) is 0 Å². The summed E-state index contributed by atoms with van der Waals surface area (Å²) in [6.07, 6.45) is -3.93. The minimum absolute atomic E-state index is 0.160. The van der Waals surface area contributed by atoms with Crippen molar-refractivity contribution in [1.29, 1.82) is 0 Å². The van der Waals surface area contributed by atoms with Crippen LogP contribution >= 0.6 is 15.9 Å². The highest BCUT2D eigenvalue weighted by Crippen LogP contribution is 2.32. The molecule has 0 heterocycles. The van der Waals surface area contributed by atoms with Crippen LogP contribution in [0, 0.1) is 11.8 Å². The third-order valence-electron chi connectivity index (χ3n) is 1.70. The maximum Gasteiger partial charge on any atom is 0.416 e. The van der Waals surface area contributed by atoms with Crippen LogP contribution in [-0.2, 0) is 6.18 Å². The van der Waals surface area contributed by atoms with Gasteiger partial charge in [-0.2, -0.15) is 13.2 Å². The van der Waals surface area contributed by atoms with Gasteiger partial charge in [0.2, 0.25) is 0 Å². The number of alkyl halides is 4. The van der Waals surface area contributed by atoms with Crippen LogP contribution < -0.4 is 0 Å². The van der Waals surface area contributed by atoms with E-state index in [-0.39, 0.29) is 5.56 Å². The van der Waals surface area contributed by atoms with E-state index < -0.39 is 17.5 Å². The zero-order chi connectivity index (χ0) is 12.2. The monoisotopic (exact) mass is 292 g/mol. The first-order valence-corrected chi connectivity index (χ1v) is 5.51. The Morgan fingerprint density at radius 1 is 1.25 bits per heavy atom. The van der Waals surface area contributed by atoms with E-state index in [1.807, 2.05) is 0 Å². The van der Waals surface area contributed by atoms with Gasteiger partial charge in [0.05, 0.1) is 5.56 Å². The van der Waals surface area contributed by atoms with Crippen LogP contribution in [-0.4, -0.2) is 10.4 Å². The summed E-state index contributed by atoms with van der Waals surface area (Å²) in [6.45, 7) is 0. The molecule has 1 rings (SSSR count). The van der Waals surface area contributed by atoms with Crippen LogP contribution in [0.15, 0.2) is 18.2 Å². The summed E-state index contributed by atoms with van der Waals surface area (Å²) in [7, 11) is 0. The first-order chi connectivity index (χ1) is 7.43. The van der Waals surface area contributed by atoms with Crippen LogP contribution in [0.5, 0.6) is 5.75 Å². The highest BCUT2D eigenvalue weighted by atomic mass is 79.9. The summed E-state index contributed by atoms with van der Waals surface area (Å²) in [5.74, 6) is 4.81. The molecule has 0 spiro atoms. The minimum atomic E-state index is -4.47. The second-order valence-electron chi connectivity index (χ2n) is 3.01. The van der Waals surface area contributed by atoms with E-state index >= 15 is 0 Å². The Kier molecular flexibility index (Phi) is 4.25. The predicted octanol–water partition coefficient (Wildman–Crippen LogP) is 3.55. The Hall–Kier alpha value is -1.15. The molecule has 0 bridgehead atoms. The molecule has 0 aliphatic carbocycles. The molecule has 0 fully saturated rings. The lowest BCUT2D eigenvalue weighted by Gasteiger charge is -2.07. The fourth-order valence-corrected chi connectivity index (χ4v) is 1.26. The second-order valence-corrected chi connectivity index (χ2v) is 3.80. The number of rotatable bonds is 1. The molecular formula is C11H8BrF3O. The van der Waals surface area contributed by atoms with Crippen molar-refractivity contribution in [1.82, 2.24) is 0 Å². The van der Waals surface area contributed by atoms with Crippen molar-refractivity contribution < 1.29 is 18.3 Å². The number of hydrogen-bond acceptors (Lipinski definition) is 1. The lowest BCUT2D eigenvalue weighted by atomic mass is 10.1. The van der Waals surface area contributed by atoms with Crippen LogP contribution in [0.3, 0.4) is 0 Å². The number of phenolic OH excluding ortho intramolecular Hbond substituents is 1. The van der Waals surface area contributed by atoms with Crippen molar-refractivity contribution >= 4 is 15.9 Å². The second kappa shape index (κ2) is 5.26. The molecule has 86 valence electrons. The van der Waals surface area contributed by atoms with E-state index in [9.17, 15) is 13.2 Å². The van der Waals surface area contributed by atoms with Crippen LogP contribution in [0.25, 0.3) is 0 Å². The molecule has 0 radical (unpaired) electrons. The van der Waals surface area contributed by atoms with E-state index in [2.05, 4.69) is 27.8 Å². The molecule has 1 aromatic rings. The molecule has 1 nitrogen and oxygen atoms in total. The van der Waals surface area contributed by atoms with Crippen molar-refractivity contribution in [2.75, 3.05) is 5.33 Å². The average molecular weight is 293 g/mol.